The van der Waals surface area contributed by atoms with Crippen LogP contribution in [0.25, 0.3) is 0 Å². The molecule has 0 fully saturated rings. The summed E-state index contributed by atoms with van der Waals surface area (Å²) in [6.45, 7) is 3.99. The largest absolute Gasteiger partial charge is 0.496 e. The van der Waals surface area contributed by atoms with E-state index in [2.05, 4.69) is 4.98 Å². The summed E-state index contributed by atoms with van der Waals surface area (Å²) in [6.07, 6.45) is 2.65. The zero-order chi connectivity index (χ0) is 13.1. The molecule has 2 aromatic rings. The highest BCUT2D eigenvalue weighted by Gasteiger charge is 2.18. The molecule has 1 atom stereocenters. The Labute approximate surface area is 107 Å². The van der Waals surface area contributed by atoms with Gasteiger partial charge in [0.05, 0.1) is 7.11 Å². The van der Waals surface area contributed by atoms with Gasteiger partial charge in [-0.25, -0.2) is 0 Å². The number of benzene rings is 1. The summed E-state index contributed by atoms with van der Waals surface area (Å²) in [5.41, 5.74) is 3.70. The van der Waals surface area contributed by atoms with E-state index in [1.807, 2.05) is 38.1 Å². The minimum Gasteiger partial charge on any atom is -0.496 e. The van der Waals surface area contributed by atoms with Crippen LogP contribution in [0.5, 0.6) is 5.75 Å². The predicted octanol–water partition coefficient (Wildman–Crippen LogP) is 2.79. The van der Waals surface area contributed by atoms with Crippen LogP contribution in [0.4, 0.5) is 0 Å². The average Bonchev–Trinajstić information content (AvgIpc) is 2.38. The van der Waals surface area contributed by atoms with Crippen molar-refractivity contribution in [3.05, 3.63) is 58.9 Å². The zero-order valence-corrected chi connectivity index (χ0v) is 10.8. The molecule has 1 heterocycles. The molecule has 1 aromatic heterocycles. The molecule has 1 unspecified atom stereocenters. The summed E-state index contributed by atoms with van der Waals surface area (Å²) in [4.78, 5) is 4.03. The highest BCUT2D eigenvalue weighted by molar-refractivity contribution is 5.47. The standard InChI is InChI=1S/C15H17NO2/c1-10-7-11(2)14(13(8-10)18-3)15(17)12-5-4-6-16-9-12/h4-9,15,17H,1-3H3. The number of hydrogen-bond donors (Lipinski definition) is 1. The molecule has 0 saturated carbocycles. The number of aliphatic hydroxyl groups excluding tert-OH is 1. The van der Waals surface area contributed by atoms with Crippen LogP contribution in [-0.4, -0.2) is 17.2 Å². The molecule has 2 rings (SSSR count). The fourth-order valence-electron chi connectivity index (χ4n) is 2.16. The van der Waals surface area contributed by atoms with Gasteiger partial charge in [-0.15, -0.1) is 0 Å². The fraction of sp³-hybridized carbons (Fsp3) is 0.267. The van der Waals surface area contributed by atoms with E-state index < -0.39 is 6.10 Å². The van der Waals surface area contributed by atoms with Crippen molar-refractivity contribution < 1.29 is 9.84 Å². The van der Waals surface area contributed by atoms with E-state index in [1.165, 1.54) is 0 Å². The number of methoxy groups -OCH3 is 1. The summed E-state index contributed by atoms with van der Waals surface area (Å²) < 4.78 is 5.37. The van der Waals surface area contributed by atoms with E-state index >= 15 is 0 Å². The summed E-state index contributed by atoms with van der Waals surface area (Å²) in [5, 5.41) is 10.5. The van der Waals surface area contributed by atoms with Crippen LogP contribution in [-0.2, 0) is 0 Å². The second-order valence-corrected chi connectivity index (χ2v) is 4.39. The minimum absolute atomic E-state index is 0.712. The normalized spacial score (nSPS) is 12.2. The maximum absolute atomic E-state index is 10.5. The predicted molar refractivity (Wildman–Crippen MR) is 70.8 cm³/mol. The lowest BCUT2D eigenvalue weighted by atomic mass is 9.96. The number of hydrogen-bond acceptors (Lipinski definition) is 3. The first-order valence-corrected chi connectivity index (χ1v) is 5.86. The van der Waals surface area contributed by atoms with Crippen molar-refractivity contribution in [1.29, 1.82) is 0 Å². The quantitative estimate of drug-likeness (QED) is 0.901. The van der Waals surface area contributed by atoms with E-state index in [9.17, 15) is 5.11 Å². The molecular formula is C15H17NO2. The zero-order valence-electron chi connectivity index (χ0n) is 10.8. The smallest absolute Gasteiger partial charge is 0.125 e. The van der Waals surface area contributed by atoms with Crippen LogP contribution in [0.1, 0.15) is 28.4 Å². The van der Waals surface area contributed by atoms with E-state index in [0.29, 0.717) is 5.75 Å². The summed E-state index contributed by atoms with van der Waals surface area (Å²) in [6, 6.07) is 7.64. The van der Waals surface area contributed by atoms with Gasteiger partial charge in [-0.2, -0.15) is 0 Å². The average molecular weight is 243 g/mol. The Balaban J connectivity index is 2.51. The number of aromatic nitrogens is 1. The Hall–Kier alpha value is -1.87. The summed E-state index contributed by atoms with van der Waals surface area (Å²) >= 11 is 0. The molecule has 3 nitrogen and oxygen atoms in total. The van der Waals surface area contributed by atoms with Crippen LogP contribution in [0.15, 0.2) is 36.7 Å². The van der Waals surface area contributed by atoms with Gasteiger partial charge < -0.3 is 9.84 Å². The van der Waals surface area contributed by atoms with Crippen molar-refractivity contribution in [2.75, 3.05) is 7.11 Å². The second-order valence-electron chi connectivity index (χ2n) is 4.39. The number of nitrogens with zero attached hydrogens (tertiary/aromatic N) is 1. The van der Waals surface area contributed by atoms with E-state index in [4.69, 9.17) is 4.74 Å². The molecule has 0 saturated heterocycles. The van der Waals surface area contributed by atoms with Crippen molar-refractivity contribution in [1.82, 2.24) is 4.98 Å². The molecule has 94 valence electrons. The first-order valence-electron chi connectivity index (χ1n) is 5.86. The first kappa shape index (κ1) is 12.6. The van der Waals surface area contributed by atoms with Crippen LogP contribution in [0.3, 0.4) is 0 Å². The van der Waals surface area contributed by atoms with Gasteiger partial charge in [-0.05, 0) is 37.1 Å². The number of pyridine rings is 1. The van der Waals surface area contributed by atoms with E-state index in [-0.39, 0.29) is 0 Å². The van der Waals surface area contributed by atoms with Crippen molar-refractivity contribution in [2.24, 2.45) is 0 Å². The molecule has 1 aromatic carbocycles. The van der Waals surface area contributed by atoms with Gasteiger partial charge in [0.25, 0.3) is 0 Å². The molecule has 18 heavy (non-hydrogen) atoms. The minimum atomic E-state index is -0.714. The van der Waals surface area contributed by atoms with Gasteiger partial charge in [0, 0.05) is 23.5 Å². The van der Waals surface area contributed by atoms with Gasteiger partial charge in [-0.3, -0.25) is 4.98 Å². The van der Waals surface area contributed by atoms with Gasteiger partial charge in [0.15, 0.2) is 0 Å². The number of rotatable bonds is 3. The Morgan fingerprint density at radius 3 is 2.67 bits per heavy atom. The Morgan fingerprint density at radius 1 is 1.28 bits per heavy atom. The maximum Gasteiger partial charge on any atom is 0.125 e. The van der Waals surface area contributed by atoms with E-state index in [1.54, 1.807) is 19.5 Å². The molecule has 0 aliphatic carbocycles. The summed E-state index contributed by atoms with van der Waals surface area (Å²) in [5.74, 6) is 0.712. The lowest BCUT2D eigenvalue weighted by Crippen LogP contribution is -2.05. The number of aliphatic hydroxyl groups is 1. The molecule has 1 N–H and O–H groups in total. The molecule has 0 aliphatic rings. The first-order chi connectivity index (χ1) is 8.63. The Morgan fingerprint density at radius 2 is 2.06 bits per heavy atom. The van der Waals surface area contributed by atoms with Crippen LogP contribution in [0.2, 0.25) is 0 Å². The Bertz CT molecular complexity index is 538. The van der Waals surface area contributed by atoms with Gasteiger partial charge in [-0.1, -0.05) is 12.1 Å². The lowest BCUT2D eigenvalue weighted by molar-refractivity contribution is 0.213. The monoisotopic (exact) mass is 243 g/mol. The van der Waals surface area contributed by atoms with Gasteiger partial charge in [0.1, 0.15) is 11.9 Å². The maximum atomic E-state index is 10.5. The third kappa shape index (κ3) is 2.36. The third-order valence-electron chi connectivity index (χ3n) is 2.99. The summed E-state index contributed by atoms with van der Waals surface area (Å²) in [7, 11) is 1.62. The second kappa shape index (κ2) is 5.19. The Kier molecular flexibility index (Phi) is 3.63. The van der Waals surface area contributed by atoms with Crippen LogP contribution >= 0.6 is 0 Å². The van der Waals surface area contributed by atoms with Gasteiger partial charge >= 0.3 is 0 Å². The topological polar surface area (TPSA) is 42.4 Å². The number of ether oxygens (including phenoxy) is 1. The molecule has 3 heteroatoms. The molecule has 0 spiro atoms. The van der Waals surface area contributed by atoms with Crippen LogP contribution < -0.4 is 4.74 Å². The molecule has 0 bridgehead atoms. The number of aryl methyl sites for hydroxylation is 2. The van der Waals surface area contributed by atoms with Crippen molar-refractivity contribution >= 4 is 0 Å². The van der Waals surface area contributed by atoms with Crippen molar-refractivity contribution in [3.63, 3.8) is 0 Å². The third-order valence-corrected chi connectivity index (χ3v) is 2.99. The van der Waals surface area contributed by atoms with Crippen LogP contribution in [0, 0.1) is 13.8 Å². The SMILES string of the molecule is COc1cc(C)cc(C)c1C(O)c1cccnc1. The highest BCUT2D eigenvalue weighted by Crippen LogP contribution is 2.33. The molecule has 0 radical (unpaired) electrons. The van der Waals surface area contributed by atoms with E-state index in [0.717, 1.165) is 22.3 Å². The fourth-order valence-corrected chi connectivity index (χ4v) is 2.16. The van der Waals surface area contributed by atoms with Crippen molar-refractivity contribution in [2.45, 2.75) is 20.0 Å². The molecular weight excluding hydrogens is 226 g/mol. The lowest BCUT2D eigenvalue weighted by Gasteiger charge is -2.18. The van der Waals surface area contributed by atoms with Crippen molar-refractivity contribution in [3.8, 4) is 5.75 Å². The molecule has 0 aliphatic heterocycles. The highest BCUT2D eigenvalue weighted by atomic mass is 16.5. The molecule has 0 amide bonds. The van der Waals surface area contributed by atoms with Gasteiger partial charge in [0.2, 0.25) is 0 Å².